The first-order valence-corrected chi connectivity index (χ1v) is 18.9. The van der Waals surface area contributed by atoms with Crippen LogP contribution in [0, 0.1) is 0 Å². The molecule has 0 saturated carbocycles. The van der Waals surface area contributed by atoms with Gasteiger partial charge in [-0.2, -0.15) is 0 Å². The van der Waals surface area contributed by atoms with Crippen LogP contribution in [0.2, 0.25) is 0 Å². The predicted molar refractivity (Wildman–Crippen MR) is 187 cm³/mol. The van der Waals surface area contributed by atoms with Gasteiger partial charge in [0.15, 0.2) is 6.10 Å². The molecule has 0 saturated heterocycles. The number of ether oxygens (including phenoxy) is 2. The minimum absolute atomic E-state index is 0.0636. The van der Waals surface area contributed by atoms with Crippen LogP contribution in [0.3, 0.4) is 0 Å². The fraction of sp³-hybridized carbons (Fsp3) is 0.846. The smallest absolute Gasteiger partial charge is 0.306 e. The first kappa shape index (κ1) is 42.4. The number of esters is 2. The summed E-state index contributed by atoms with van der Waals surface area (Å²) in [5.41, 5.74) is 0. The van der Waals surface area contributed by atoms with Gasteiger partial charge in [-0.15, -0.1) is 0 Å². The summed E-state index contributed by atoms with van der Waals surface area (Å²) in [6.45, 7) is 4.10. The van der Waals surface area contributed by atoms with Crippen molar-refractivity contribution in [2.45, 2.75) is 200 Å². The van der Waals surface area contributed by atoms with Gasteiger partial charge in [-0.3, -0.25) is 9.59 Å². The summed E-state index contributed by atoms with van der Waals surface area (Å²) in [5, 5.41) is 9.53. The Morgan fingerprint density at radius 1 is 0.523 bits per heavy atom. The molecular weight excluding hydrogens is 548 g/mol. The SMILES string of the molecule is CCCCC/C=C\C/C=C\CCCCCCCCCCCC(=O)O[C@@H](CO)COC(=O)CCCCCCCCCCCCC. The third-order valence-electron chi connectivity index (χ3n) is 8.25. The summed E-state index contributed by atoms with van der Waals surface area (Å²) in [4.78, 5) is 24.2. The third-order valence-corrected chi connectivity index (χ3v) is 8.25. The van der Waals surface area contributed by atoms with E-state index in [2.05, 4.69) is 38.2 Å². The highest BCUT2D eigenvalue weighted by Gasteiger charge is 2.16. The van der Waals surface area contributed by atoms with Crippen LogP contribution in [0.25, 0.3) is 0 Å². The van der Waals surface area contributed by atoms with E-state index in [0.717, 1.165) is 44.9 Å². The van der Waals surface area contributed by atoms with Gasteiger partial charge in [0, 0.05) is 12.8 Å². The first-order chi connectivity index (χ1) is 21.6. The van der Waals surface area contributed by atoms with Gasteiger partial charge >= 0.3 is 11.9 Å². The van der Waals surface area contributed by atoms with E-state index < -0.39 is 6.10 Å². The van der Waals surface area contributed by atoms with Crippen molar-refractivity contribution in [2.75, 3.05) is 13.2 Å². The molecule has 0 aromatic carbocycles. The third kappa shape index (κ3) is 33.3. The van der Waals surface area contributed by atoms with E-state index >= 15 is 0 Å². The van der Waals surface area contributed by atoms with Crippen molar-refractivity contribution < 1.29 is 24.2 Å². The lowest BCUT2D eigenvalue weighted by molar-refractivity contribution is -0.161. The lowest BCUT2D eigenvalue weighted by Crippen LogP contribution is -2.28. The zero-order valence-corrected chi connectivity index (χ0v) is 29.2. The lowest BCUT2D eigenvalue weighted by Gasteiger charge is -2.15. The molecule has 0 rings (SSSR count). The van der Waals surface area contributed by atoms with E-state index in [0.29, 0.717) is 12.8 Å². The molecule has 0 aliphatic rings. The minimum Gasteiger partial charge on any atom is -0.462 e. The Morgan fingerprint density at radius 3 is 1.39 bits per heavy atom. The maximum atomic E-state index is 12.1. The number of rotatable bonds is 34. The first-order valence-electron chi connectivity index (χ1n) is 18.9. The Kier molecular flexibility index (Phi) is 34.5. The van der Waals surface area contributed by atoms with Crippen LogP contribution in [0.5, 0.6) is 0 Å². The monoisotopic (exact) mass is 621 g/mol. The molecule has 1 N–H and O–H groups in total. The van der Waals surface area contributed by atoms with Crippen LogP contribution in [0.15, 0.2) is 24.3 Å². The molecule has 258 valence electrons. The van der Waals surface area contributed by atoms with Gasteiger partial charge in [0.1, 0.15) is 6.61 Å². The van der Waals surface area contributed by atoms with Gasteiger partial charge in [0.05, 0.1) is 6.61 Å². The number of carbonyl (C=O) groups excluding carboxylic acids is 2. The molecule has 0 radical (unpaired) electrons. The molecule has 0 aromatic rings. The molecule has 0 aliphatic heterocycles. The quantitative estimate of drug-likeness (QED) is 0.0440. The number of allylic oxidation sites excluding steroid dienone is 4. The van der Waals surface area contributed by atoms with Crippen molar-refractivity contribution in [1.29, 1.82) is 0 Å². The van der Waals surface area contributed by atoms with E-state index in [9.17, 15) is 14.7 Å². The fourth-order valence-corrected chi connectivity index (χ4v) is 5.35. The second kappa shape index (κ2) is 35.9. The number of unbranched alkanes of at least 4 members (excludes halogenated alkanes) is 22. The lowest BCUT2D eigenvalue weighted by atomic mass is 10.1. The summed E-state index contributed by atoms with van der Waals surface area (Å²) >= 11 is 0. The number of hydrogen-bond acceptors (Lipinski definition) is 5. The van der Waals surface area contributed by atoms with E-state index in [1.807, 2.05) is 0 Å². The second-order valence-corrected chi connectivity index (χ2v) is 12.7. The highest BCUT2D eigenvalue weighted by atomic mass is 16.6. The molecular formula is C39H72O5. The molecule has 1 atom stereocenters. The Bertz CT molecular complexity index is 671. The average molecular weight is 621 g/mol. The van der Waals surface area contributed by atoms with Crippen LogP contribution in [-0.4, -0.2) is 36.4 Å². The topological polar surface area (TPSA) is 72.8 Å². The molecule has 0 unspecified atom stereocenters. The van der Waals surface area contributed by atoms with Crippen molar-refractivity contribution in [2.24, 2.45) is 0 Å². The Morgan fingerprint density at radius 2 is 0.909 bits per heavy atom. The maximum absolute atomic E-state index is 12.1. The van der Waals surface area contributed by atoms with Crippen molar-refractivity contribution >= 4 is 11.9 Å². The zero-order chi connectivity index (χ0) is 32.2. The summed E-state index contributed by atoms with van der Waals surface area (Å²) in [7, 11) is 0. The van der Waals surface area contributed by atoms with Gasteiger partial charge in [-0.25, -0.2) is 0 Å². The Balaban J connectivity index is 3.54. The molecule has 0 aromatic heterocycles. The van der Waals surface area contributed by atoms with Crippen LogP contribution in [0.4, 0.5) is 0 Å². The van der Waals surface area contributed by atoms with Crippen LogP contribution in [-0.2, 0) is 19.1 Å². The second-order valence-electron chi connectivity index (χ2n) is 12.7. The molecule has 0 spiro atoms. The summed E-state index contributed by atoms with van der Waals surface area (Å²) in [5.74, 6) is -0.591. The average Bonchev–Trinajstić information content (AvgIpc) is 3.02. The Labute approximate surface area is 273 Å². The zero-order valence-electron chi connectivity index (χ0n) is 29.2. The molecule has 0 heterocycles. The minimum atomic E-state index is -0.767. The van der Waals surface area contributed by atoms with Gasteiger partial charge in [0.25, 0.3) is 0 Å². The van der Waals surface area contributed by atoms with Crippen molar-refractivity contribution in [1.82, 2.24) is 0 Å². The molecule has 0 aliphatic carbocycles. The van der Waals surface area contributed by atoms with Crippen LogP contribution >= 0.6 is 0 Å². The number of hydrogen-bond donors (Lipinski definition) is 1. The largest absolute Gasteiger partial charge is 0.462 e. The summed E-state index contributed by atoms with van der Waals surface area (Å²) in [6.07, 6.45) is 40.9. The molecule has 5 nitrogen and oxygen atoms in total. The van der Waals surface area contributed by atoms with E-state index in [4.69, 9.17) is 9.47 Å². The fourth-order valence-electron chi connectivity index (χ4n) is 5.35. The highest BCUT2D eigenvalue weighted by Crippen LogP contribution is 2.14. The normalized spacial score (nSPS) is 12.3. The molecule has 0 fully saturated rings. The number of aliphatic hydroxyl groups is 1. The van der Waals surface area contributed by atoms with Gasteiger partial charge in [0.2, 0.25) is 0 Å². The summed E-state index contributed by atoms with van der Waals surface area (Å²) in [6, 6.07) is 0. The van der Waals surface area contributed by atoms with Gasteiger partial charge < -0.3 is 14.6 Å². The predicted octanol–water partition coefficient (Wildman–Crippen LogP) is 11.5. The highest BCUT2D eigenvalue weighted by molar-refractivity contribution is 5.70. The van der Waals surface area contributed by atoms with Crippen molar-refractivity contribution in [3.63, 3.8) is 0 Å². The van der Waals surface area contributed by atoms with E-state index in [-0.39, 0.29) is 25.2 Å². The van der Waals surface area contributed by atoms with Crippen molar-refractivity contribution in [3.05, 3.63) is 24.3 Å². The summed E-state index contributed by atoms with van der Waals surface area (Å²) < 4.78 is 10.6. The molecule has 5 heteroatoms. The van der Waals surface area contributed by atoms with Gasteiger partial charge in [-0.05, 0) is 44.9 Å². The van der Waals surface area contributed by atoms with E-state index in [1.54, 1.807) is 0 Å². The number of aliphatic hydroxyl groups excluding tert-OH is 1. The van der Waals surface area contributed by atoms with Crippen LogP contribution in [0.1, 0.15) is 194 Å². The molecule has 0 amide bonds. The molecule has 0 bridgehead atoms. The van der Waals surface area contributed by atoms with Gasteiger partial charge in [-0.1, -0.05) is 160 Å². The Hall–Kier alpha value is -1.62. The van der Waals surface area contributed by atoms with Crippen LogP contribution < -0.4 is 0 Å². The maximum Gasteiger partial charge on any atom is 0.306 e. The molecule has 44 heavy (non-hydrogen) atoms. The van der Waals surface area contributed by atoms with Crippen molar-refractivity contribution in [3.8, 4) is 0 Å². The number of carbonyl (C=O) groups is 2. The van der Waals surface area contributed by atoms with E-state index in [1.165, 1.54) is 122 Å². The standard InChI is InChI=1S/C39H72O5/c1-3-5-7-9-11-13-15-16-17-18-19-20-21-22-24-26-28-30-32-34-39(42)44-37(35-40)36-43-38(41)33-31-29-27-25-23-14-12-10-8-6-4-2/h11,13,16-17,37,40H,3-10,12,14-15,18-36H2,1-2H3/b13-11-,17-16-/t37-/m0/s1.